The molecule has 9 nitrogen and oxygen atoms in total. The number of H-pyrrole nitrogens is 1. The van der Waals surface area contributed by atoms with Gasteiger partial charge in [0.1, 0.15) is 11.5 Å². The van der Waals surface area contributed by atoms with Crippen molar-refractivity contribution in [2.24, 2.45) is 10.2 Å². The first-order chi connectivity index (χ1) is 12.3. The van der Waals surface area contributed by atoms with Crippen LogP contribution < -0.4 is 5.73 Å². The summed E-state index contributed by atoms with van der Waals surface area (Å²) < 4.78 is 26.1. The van der Waals surface area contributed by atoms with Crippen LogP contribution in [0.4, 0.5) is 11.6 Å². The second kappa shape index (κ2) is 6.65. The van der Waals surface area contributed by atoms with Gasteiger partial charge in [-0.15, -0.1) is 10.2 Å². The third-order valence-corrected chi connectivity index (χ3v) is 5.54. The molecule has 26 heavy (non-hydrogen) atoms. The van der Waals surface area contributed by atoms with E-state index in [0.29, 0.717) is 10.8 Å². The zero-order valence-corrected chi connectivity index (χ0v) is 14.9. The zero-order valence-electron chi connectivity index (χ0n) is 14.0. The molecule has 3 aromatic rings. The highest BCUT2D eigenvalue weighted by Gasteiger charge is 2.23. The maximum absolute atomic E-state index is 12.5. The van der Waals surface area contributed by atoms with Crippen molar-refractivity contribution in [2.45, 2.75) is 4.90 Å². The number of pyridine rings is 1. The van der Waals surface area contributed by atoms with Crippen LogP contribution in [-0.2, 0) is 10.0 Å². The molecule has 0 aliphatic rings. The number of sulfonamides is 1. The molecular formula is C16H16N6O3S. The lowest BCUT2D eigenvalue weighted by Crippen LogP contribution is -2.22. The van der Waals surface area contributed by atoms with Gasteiger partial charge in [0.2, 0.25) is 10.0 Å². The number of fused-ring (bicyclic) bond motifs is 1. The first-order valence-corrected chi connectivity index (χ1v) is 8.96. The van der Waals surface area contributed by atoms with Gasteiger partial charge < -0.3 is 10.7 Å². The van der Waals surface area contributed by atoms with E-state index in [-0.39, 0.29) is 22.2 Å². The van der Waals surface area contributed by atoms with Crippen molar-refractivity contribution in [2.75, 3.05) is 19.8 Å². The number of benzene rings is 1. The number of aromatic amines is 1. The Morgan fingerprint density at radius 3 is 2.62 bits per heavy atom. The van der Waals surface area contributed by atoms with Gasteiger partial charge in [-0.1, -0.05) is 18.2 Å². The summed E-state index contributed by atoms with van der Waals surface area (Å²) >= 11 is 0. The lowest BCUT2D eigenvalue weighted by Gasteiger charge is -2.12. The summed E-state index contributed by atoms with van der Waals surface area (Å²) in [6.45, 7) is 0. The molecule has 0 unspecified atom stereocenters. The molecular weight excluding hydrogens is 356 g/mol. The Morgan fingerprint density at radius 2 is 1.96 bits per heavy atom. The van der Waals surface area contributed by atoms with Crippen molar-refractivity contribution in [1.29, 1.82) is 0 Å². The standard InChI is InChI=1S/C16H16N6O3S/c1-22(2)26(24,25)12-8-5-6-10-13(12)14(17)19-15(10)20-21-16(23)11-7-3-4-9-18-11/h3-9,19H,17H2,1-2H3. The fourth-order valence-electron chi connectivity index (χ4n) is 2.39. The molecule has 0 radical (unpaired) electrons. The lowest BCUT2D eigenvalue weighted by atomic mass is 10.2. The number of rotatable bonds is 4. The fraction of sp³-hybridized carbons (Fsp3) is 0.125. The molecule has 0 atom stereocenters. The van der Waals surface area contributed by atoms with E-state index in [2.05, 4.69) is 20.2 Å². The number of aromatic nitrogens is 2. The topological polar surface area (TPSA) is 134 Å². The lowest BCUT2D eigenvalue weighted by molar-refractivity contribution is 0.0990. The van der Waals surface area contributed by atoms with E-state index in [4.69, 9.17) is 5.73 Å². The van der Waals surface area contributed by atoms with Gasteiger partial charge in [0.25, 0.3) is 0 Å². The van der Waals surface area contributed by atoms with Gasteiger partial charge >= 0.3 is 5.91 Å². The van der Waals surface area contributed by atoms with Crippen molar-refractivity contribution in [3.05, 3.63) is 48.3 Å². The van der Waals surface area contributed by atoms with Crippen LogP contribution in [0.15, 0.2) is 57.7 Å². The van der Waals surface area contributed by atoms with E-state index >= 15 is 0 Å². The van der Waals surface area contributed by atoms with Crippen LogP contribution in [0, 0.1) is 0 Å². The molecule has 3 N–H and O–H groups in total. The number of carbonyl (C=O) groups is 1. The highest BCUT2D eigenvalue weighted by molar-refractivity contribution is 7.89. The number of nitrogen functional groups attached to an aromatic ring is 1. The maximum atomic E-state index is 12.5. The Hall–Kier alpha value is -3.11. The smallest absolute Gasteiger partial charge is 0.313 e. The average Bonchev–Trinajstić information content (AvgIpc) is 2.96. The summed E-state index contributed by atoms with van der Waals surface area (Å²) in [5.74, 6) is -0.304. The van der Waals surface area contributed by atoms with Crippen LogP contribution in [0.2, 0.25) is 0 Å². The van der Waals surface area contributed by atoms with Gasteiger partial charge in [0.05, 0.1) is 4.90 Å². The van der Waals surface area contributed by atoms with E-state index in [1.807, 2.05) is 0 Å². The molecule has 10 heteroatoms. The van der Waals surface area contributed by atoms with Gasteiger partial charge in [0.15, 0.2) is 5.82 Å². The number of nitrogens with zero attached hydrogens (tertiary/aromatic N) is 4. The highest BCUT2D eigenvalue weighted by atomic mass is 32.2. The molecule has 1 amide bonds. The second-order valence-corrected chi connectivity index (χ2v) is 7.69. The van der Waals surface area contributed by atoms with Crippen molar-refractivity contribution >= 4 is 38.3 Å². The molecule has 3 rings (SSSR count). The Kier molecular flexibility index (Phi) is 4.53. The van der Waals surface area contributed by atoms with Crippen molar-refractivity contribution in [1.82, 2.24) is 14.3 Å². The molecule has 2 heterocycles. The fourth-order valence-corrected chi connectivity index (χ4v) is 3.51. The molecule has 0 bridgehead atoms. The monoisotopic (exact) mass is 372 g/mol. The summed E-state index contributed by atoms with van der Waals surface area (Å²) in [4.78, 5) is 18.7. The minimum Gasteiger partial charge on any atom is -0.385 e. The van der Waals surface area contributed by atoms with E-state index in [0.717, 1.165) is 4.31 Å². The van der Waals surface area contributed by atoms with E-state index in [1.165, 1.54) is 32.4 Å². The SMILES string of the molecule is CN(C)S(=O)(=O)c1cccc2c(N=NC(=O)c3ccccn3)[nH]c(N)c12. The maximum Gasteiger partial charge on any atom is 0.313 e. The number of hydrogen-bond donors (Lipinski definition) is 2. The van der Waals surface area contributed by atoms with Gasteiger partial charge in [-0.25, -0.2) is 12.7 Å². The molecule has 134 valence electrons. The Bertz CT molecular complexity index is 1100. The van der Waals surface area contributed by atoms with Crippen LogP contribution in [0.25, 0.3) is 10.8 Å². The Labute approximate surface area is 149 Å². The number of carbonyl (C=O) groups excluding carboxylic acids is 1. The quantitative estimate of drug-likeness (QED) is 0.678. The first-order valence-electron chi connectivity index (χ1n) is 7.52. The predicted molar refractivity (Wildman–Crippen MR) is 96.7 cm³/mol. The molecule has 0 aliphatic carbocycles. The van der Waals surface area contributed by atoms with E-state index in [9.17, 15) is 13.2 Å². The number of nitrogens with two attached hydrogens (primary N) is 1. The Morgan fingerprint density at radius 1 is 1.19 bits per heavy atom. The van der Waals surface area contributed by atoms with E-state index in [1.54, 1.807) is 24.3 Å². The van der Waals surface area contributed by atoms with Crippen LogP contribution >= 0.6 is 0 Å². The van der Waals surface area contributed by atoms with Crippen molar-refractivity contribution in [3.8, 4) is 0 Å². The summed E-state index contributed by atoms with van der Waals surface area (Å²) in [7, 11) is -0.835. The van der Waals surface area contributed by atoms with Crippen LogP contribution in [-0.4, -0.2) is 42.7 Å². The molecule has 0 saturated heterocycles. The number of hydrogen-bond acceptors (Lipinski definition) is 6. The third-order valence-electron chi connectivity index (χ3n) is 3.69. The van der Waals surface area contributed by atoms with Crippen molar-refractivity contribution < 1.29 is 13.2 Å². The molecule has 1 aromatic carbocycles. The highest BCUT2D eigenvalue weighted by Crippen LogP contribution is 2.36. The molecule has 0 fully saturated rings. The molecule has 0 aliphatic heterocycles. The van der Waals surface area contributed by atoms with E-state index < -0.39 is 15.9 Å². The van der Waals surface area contributed by atoms with Crippen LogP contribution in [0.3, 0.4) is 0 Å². The number of azo groups is 1. The minimum atomic E-state index is -3.70. The summed E-state index contributed by atoms with van der Waals surface area (Å²) in [6, 6.07) is 9.55. The normalized spacial score (nSPS) is 12.3. The van der Waals surface area contributed by atoms with Gasteiger partial charge in [0, 0.05) is 31.1 Å². The second-order valence-electron chi connectivity index (χ2n) is 5.57. The number of nitrogens with one attached hydrogen (secondary N) is 1. The van der Waals surface area contributed by atoms with Crippen LogP contribution in [0.1, 0.15) is 10.5 Å². The van der Waals surface area contributed by atoms with Gasteiger partial charge in [-0.05, 0) is 18.2 Å². The van der Waals surface area contributed by atoms with Crippen LogP contribution in [0.5, 0.6) is 0 Å². The molecule has 0 saturated carbocycles. The first kappa shape index (κ1) is 17.7. The predicted octanol–water partition coefficient (Wildman–Crippen LogP) is 2.32. The zero-order chi connectivity index (χ0) is 18.9. The minimum absolute atomic E-state index is 0.0475. The van der Waals surface area contributed by atoms with Gasteiger partial charge in [-0.2, -0.15) is 0 Å². The summed E-state index contributed by atoms with van der Waals surface area (Å²) in [6.07, 6.45) is 1.48. The number of amides is 1. The van der Waals surface area contributed by atoms with Crippen molar-refractivity contribution in [3.63, 3.8) is 0 Å². The third kappa shape index (κ3) is 3.07. The largest absolute Gasteiger partial charge is 0.385 e. The molecule has 2 aromatic heterocycles. The van der Waals surface area contributed by atoms with Gasteiger partial charge in [-0.3, -0.25) is 9.78 Å². The summed E-state index contributed by atoms with van der Waals surface area (Å²) in [5, 5.41) is 8.28. The number of anilines is 1. The Balaban J connectivity index is 2.07. The average molecular weight is 372 g/mol. The summed E-state index contributed by atoms with van der Waals surface area (Å²) in [5.41, 5.74) is 6.10. The molecule has 0 spiro atoms.